The Morgan fingerprint density at radius 1 is 1.32 bits per heavy atom. The number of rotatable bonds is 6. The molecule has 1 heterocycles. The molecule has 120 valence electrons. The maximum Gasteiger partial charge on any atom is 0.263 e. The van der Waals surface area contributed by atoms with E-state index in [1.165, 1.54) is 0 Å². The second kappa shape index (κ2) is 8.20. The van der Waals surface area contributed by atoms with Gasteiger partial charge in [0.15, 0.2) is 6.10 Å². The van der Waals surface area contributed by atoms with Crippen molar-refractivity contribution in [2.75, 3.05) is 32.7 Å². The van der Waals surface area contributed by atoms with Gasteiger partial charge in [-0.1, -0.05) is 24.6 Å². The van der Waals surface area contributed by atoms with Gasteiger partial charge >= 0.3 is 0 Å². The predicted molar refractivity (Wildman–Crippen MR) is 89.4 cm³/mol. The van der Waals surface area contributed by atoms with E-state index in [2.05, 4.69) is 11.5 Å². The van der Waals surface area contributed by atoms with Gasteiger partial charge in [0.25, 0.3) is 5.91 Å². The highest BCUT2D eigenvalue weighted by Gasteiger charge is 2.27. The zero-order chi connectivity index (χ0) is 15.9. The number of hydrogen-bond donors (Lipinski definition) is 0. The van der Waals surface area contributed by atoms with E-state index < -0.39 is 6.10 Å². The molecule has 0 aliphatic carbocycles. The van der Waals surface area contributed by atoms with E-state index in [-0.39, 0.29) is 5.91 Å². The van der Waals surface area contributed by atoms with Gasteiger partial charge in [0.2, 0.25) is 0 Å². The molecule has 1 amide bonds. The molecule has 22 heavy (non-hydrogen) atoms. The van der Waals surface area contributed by atoms with Crippen LogP contribution in [0, 0.1) is 0 Å². The van der Waals surface area contributed by atoms with Crippen molar-refractivity contribution in [3.05, 3.63) is 41.9 Å². The van der Waals surface area contributed by atoms with Crippen LogP contribution in [-0.4, -0.2) is 54.5 Å². The fourth-order valence-electron chi connectivity index (χ4n) is 2.52. The lowest BCUT2D eigenvalue weighted by Gasteiger charge is -2.35. The number of carbonyl (C=O) groups excluding carboxylic acids is 1. The second-order valence-electron chi connectivity index (χ2n) is 5.38. The first-order valence-corrected chi connectivity index (χ1v) is 8.06. The van der Waals surface area contributed by atoms with Crippen molar-refractivity contribution in [2.45, 2.75) is 19.4 Å². The third kappa shape index (κ3) is 4.49. The number of carbonyl (C=O) groups is 1. The number of hydrogen-bond acceptors (Lipinski definition) is 3. The number of benzene rings is 1. The quantitative estimate of drug-likeness (QED) is 0.755. The van der Waals surface area contributed by atoms with E-state index in [9.17, 15) is 4.79 Å². The number of ether oxygens (including phenoxy) is 1. The summed E-state index contributed by atoms with van der Waals surface area (Å²) < 4.78 is 5.83. The molecule has 1 aliphatic heterocycles. The Morgan fingerprint density at radius 3 is 2.50 bits per heavy atom. The fourth-order valence-corrected chi connectivity index (χ4v) is 2.65. The molecular weight excluding hydrogens is 300 g/mol. The first-order valence-electron chi connectivity index (χ1n) is 7.68. The number of amides is 1. The van der Waals surface area contributed by atoms with Crippen molar-refractivity contribution < 1.29 is 9.53 Å². The average molecular weight is 323 g/mol. The molecule has 1 saturated heterocycles. The zero-order valence-corrected chi connectivity index (χ0v) is 13.8. The topological polar surface area (TPSA) is 32.8 Å². The minimum atomic E-state index is -0.438. The second-order valence-corrected chi connectivity index (χ2v) is 5.82. The normalized spacial score (nSPS) is 17.1. The summed E-state index contributed by atoms with van der Waals surface area (Å²) in [5, 5.41) is 0.657. The number of nitrogens with zero attached hydrogens (tertiary/aromatic N) is 2. The summed E-state index contributed by atoms with van der Waals surface area (Å²) >= 11 is 5.86. The minimum Gasteiger partial charge on any atom is -0.481 e. The van der Waals surface area contributed by atoms with Gasteiger partial charge in [-0.05, 0) is 30.7 Å². The van der Waals surface area contributed by atoms with Crippen LogP contribution < -0.4 is 4.74 Å². The van der Waals surface area contributed by atoms with Crippen LogP contribution >= 0.6 is 11.6 Å². The molecule has 0 saturated carbocycles. The molecule has 0 N–H and O–H groups in total. The Balaban J connectivity index is 1.91. The zero-order valence-electron chi connectivity index (χ0n) is 13.0. The molecule has 0 aromatic heterocycles. The SMILES string of the molecule is C=CCN1CCN(C(=O)C(CC)Oc2ccc(Cl)cc2)CC1. The van der Waals surface area contributed by atoms with Gasteiger partial charge in [0.05, 0.1) is 0 Å². The maximum absolute atomic E-state index is 12.6. The summed E-state index contributed by atoms with van der Waals surface area (Å²) in [7, 11) is 0. The Kier molecular flexibility index (Phi) is 6.28. The van der Waals surface area contributed by atoms with Gasteiger partial charge in [-0.15, -0.1) is 6.58 Å². The van der Waals surface area contributed by atoms with Crippen LogP contribution in [0.1, 0.15) is 13.3 Å². The monoisotopic (exact) mass is 322 g/mol. The van der Waals surface area contributed by atoms with Crippen LogP contribution in [0.5, 0.6) is 5.75 Å². The van der Waals surface area contributed by atoms with Crippen molar-refractivity contribution >= 4 is 17.5 Å². The first kappa shape index (κ1) is 16.8. The third-order valence-electron chi connectivity index (χ3n) is 3.81. The smallest absolute Gasteiger partial charge is 0.263 e. The lowest BCUT2D eigenvalue weighted by atomic mass is 10.2. The maximum atomic E-state index is 12.6. The Morgan fingerprint density at radius 2 is 1.95 bits per heavy atom. The van der Waals surface area contributed by atoms with E-state index in [1.54, 1.807) is 24.3 Å². The van der Waals surface area contributed by atoms with E-state index >= 15 is 0 Å². The van der Waals surface area contributed by atoms with Crippen molar-refractivity contribution in [1.82, 2.24) is 9.80 Å². The summed E-state index contributed by atoms with van der Waals surface area (Å²) in [4.78, 5) is 16.8. The van der Waals surface area contributed by atoms with Crippen molar-refractivity contribution in [3.8, 4) is 5.75 Å². The van der Waals surface area contributed by atoms with Gasteiger partial charge in [0, 0.05) is 37.7 Å². The Labute approximate surface area is 137 Å². The first-order chi connectivity index (χ1) is 10.6. The van der Waals surface area contributed by atoms with E-state index in [0.717, 1.165) is 32.7 Å². The molecular formula is C17H23ClN2O2. The van der Waals surface area contributed by atoms with E-state index in [1.807, 2.05) is 17.9 Å². The minimum absolute atomic E-state index is 0.0655. The van der Waals surface area contributed by atoms with Crippen LogP contribution in [0.25, 0.3) is 0 Å². The molecule has 4 nitrogen and oxygen atoms in total. The summed E-state index contributed by atoms with van der Waals surface area (Å²) in [6, 6.07) is 7.12. The largest absolute Gasteiger partial charge is 0.481 e. The van der Waals surface area contributed by atoms with Gasteiger partial charge in [-0.2, -0.15) is 0 Å². The van der Waals surface area contributed by atoms with Crippen LogP contribution in [0.2, 0.25) is 5.02 Å². The molecule has 0 spiro atoms. The highest BCUT2D eigenvalue weighted by atomic mass is 35.5. The molecule has 0 radical (unpaired) electrons. The molecule has 1 aliphatic rings. The molecule has 1 atom stereocenters. The van der Waals surface area contributed by atoms with Gasteiger partial charge in [-0.3, -0.25) is 9.69 Å². The predicted octanol–water partition coefficient (Wildman–Crippen LogP) is 2.83. The lowest BCUT2D eigenvalue weighted by molar-refractivity contribution is -0.140. The summed E-state index contributed by atoms with van der Waals surface area (Å²) in [6.07, 6.45) is 2.11. The van der Waals surface area contributed by atoms with Crippen LogP contribution in [0.4, 0.5) is 0 Å². The average Bonchev–Trinajstić information content (AvgIpc) is 2.55. The van der Waals surface area contributed by atoms with Gasteiger partial charge < -0.3 is 9.64 Å². The molecule has 1 unspecified atom stereocenters. The van der Waals surface area contributed by atoms with Crippen molar-refractivity contribution in [2.24, 2.45) is 0 Å². The number of halogens is 1. The molecule has 1 fully saturated rings. The van der Waals surface area contributed by atoms with Crippen LogP contribution in [0.15, 0.2) is 36.9 Å². The van der Waals surface area contributed by atoms with Gasteiger partial charge in [0.1, 0.15) is 5.75 Å². The van der Waals surface area contributed by atoms with E-state index in [4.69, 9.17) is 16.3 Å². The highest BCUT2D eigenvalue weighted by molar-refractivity contribution is 6.30. The van der Waals surface area contributed by atoms with E-state index in [0.29, 0.717) is 17.2 Å². The summed E-state index contributed by atoms with van der Waals surface area (Å²) in [5.74, 6) is 0.741. The Hall–Kier alpha value is -1.52. The summed E-state index contributed by atoms with van der Waals surface area (Å²) in [5.41, 5.74) is 0. The lowest BCUT2D eigenvalue weighted by Crippen LogP contribution is -2.52. The molecule has 5 heteroatoms. The summed E-state index contributed by atoms with van der Waals surface area (Å²) in [6.45, 7) is 9.85. The Bertz CT molecular complexity index is 496. The van der Waals surface area contributed by atoms with Gasteiger partial charge in [-0.25, -0.2) is 0 Å². The molecule has 2 rings (SSSR count). The van der Waals surface area contributed by atoms with Crippen molar-refractivity contribution in [1.29, 1.82) is 0 Å². The van der Waals surface area contributed by atoms with Crippen molar-refractivity contribution in [3.63, 3.8) is 0 Å². The third-order valence-corrected chi connectivity index (χ3v) is 4.06. The van der Waals surface area contributed by atoms with Crippen LogP contribution in [0.3, 0.4) is 0 Å². The number of piperazine rings is 1. The fraction of sp³-hybridized carbons (Fsp3) is 0.471. The standard InChI is InChI=1S/C17H23ClN2O2/c1-3-9-19-10-12-20(13-11-19)17(21)16(4-2)22-15-7-5-14(18)6-8-15/h3,5-8,16H,1,4,9-13H2,2H3. The highest BCUT2D eigenvalue weighted by Crippen LogP contribution is 2.19. The van der Waals surface area contributed by atoms with Crippen LogP contribution in [-0.2, 0) is 4.79 Å². The molecule has 0 bridgehead atoms. The molecule has 1 aromatic carbocycles. The molecule has 1 aromatic rings.